The van der Waals surface area contributed by atoms with Crippen LogP contribution in [0.5, 0.6) is 11.5 Å². The van der Waals surface area contributed by atoms with E-state index in [1.54, 1.807) is 47.5 Å². The zero-order valence-electron chi connectivity index (χ0n) is 17.2. The van der Waals surface area contributed by atoms with Gasteiger partial charge in [0.05, 0.1) is 11.8 Å². The smallest absolute Gasteiger partial charge is 0.343 e. The molecule has 0 saturated carbocycles. The number of nitrogens with zero attached hydrogens (tertiary/aromatic N) is 1. The lowest BCUT2D eigenvalue weighted by Gasteiger charge is -2.27. The van der Waals surface area contributed by atoms with Crippen molar-refractivity contribution in [3.05, 3.63) is 71.6 Å². The van der Waals surface area contributed by atoms with Crippen molar-refractivity contribution >= 4 is 11.9 Å². The Morgan fingerprint density at radius 3 is 2.63 bits per heavy atom. The van der Waals surface area contributed by atoms with Gasteiger partial charge >= 0.3 is 11.9 Å². The van der Waals surface area contributed by atoms with Crippen molar-refractivity contribution in [2.45, 2.75) is 33.2 Å². The predicted octanol–water partition coefficient (Wildman–Crippen LogP) is 3.42. The molecule has 0 aliphatic carbocycles. The number of carbonyl (C=O) groups excluding carboxylic acids is 2. The summed E-state index contributed by atoms with van der Waals surface area (Å²) >= 11 is 0. The molecule has 0 fully saturated rings. The summed E-state index contributed by atoms with van der Waals surface area (Å²) in [5.74, 6) is 0.719. The van der Waals surface area contributed by atoms with Crippen LogP contribution in [-0.2, 0) is 16.0 Å². The molecule has 30 heavy (non-hydrogen) atoms. The minimum absolute atomic E-state index is 0.107. The first-order chi connectivity index (χ1) is 14.3. The van der Waals surface area contributed by atoms with E-state index in [0.717, 1.165) is 11.3 Å². The molecule has 1 atom stereocenters. The van der Waals surface area contributed by atoms with E-state index in [1.807, 2.05) is 12.3 Å². The number of benzene rings is 2. The Kier molecular flexibility index (Phi) is 5.22. The van der Waals surface area contributed by atoms with E-state index in [0.29, 0.717) is 30.2 Å². The van der Waals surface area contributed by atoms with Gasteiger partial charge in [0, 0.05) is 17.9 Å². The molecule has 156 valence electrons. The molecule has 2 aromatic rings. The first-order valence-corrected chi connectivity index (χ1v) is 9.79. The number of fused-ring (bicyclic) bond motifs is 1. The Hall–Kier alpha value is -3.32. The maximum absolute atomic E-state index is 12.5. The largest absolute Gasteiger partial charge is 0.474 e. The number of hydrogen-bond acceptors (Lipinski definition) is 7. The van der Waals surface area contributed by atoms with Gasteiger partial charge in [0.15, 0.2) is 6.73 Å². The fraction of sp³-hybridized carbons (Fsp3) is 0.304. The van der Waals surface area contributed by atoms with Crippen molar-refractivity contribution in [1.82, 2.24) is 10.4 Å². The molecule has 2 heterocycles. The lowest BCUT2D eigenvalue weighted by atomic mass is 9.94. The molecule has 2 aliphatic heterocycles. The standard InChI is InChI=1S/C23H24N2O5/c1-23(2,3)20-13-25(14-28-20)24-18-11-16-9-10-17(12-19(16)30-22(18)27)29-21(26)15-7-5-4-6-8-15/h4-10,12-13,18,24H,11,14H2,1-3H3. The molecular formula is C23H24N2O5. The van der Waals surface area contributed by atoms with E-state index in [-0.39, 0.29) is 5.41 Å². The highest BCUT2D eigenvalue weighted by Gasteiger charge is 2.32. The van der Waals surface area contributed by atoms with Crippen molar-refractivity contribution in [3.8, 4) is 11.5 Å². The van der Waals surface area contributed by atoms with Crippen molar-refractivity contribution in [2.75, 3.05) is 6.73 Å². The molecule has 1 N–H and O–H groups in total. The quantitative estimate of drug-likeness (QED) is 0.614. The third-order valence-corrected chi connectivity index (χ3v) is 4.87. The Morgan fingerprint density at radius 1 is 1.17 bits per heavy atom. The molecule has 0 amide bonds. The van der Waals surface area contributed by atoms with E-state index in [1.165, 1.54) is 0 Å². The number of hydrogen-bond donors (Lipinski definition) is 1. The molecule has 2 aliphatic rings. The third kappa shape index (κ3) is 4.31. The lowest BCUT2D eigenvalue weighted by molar-refractivity contribution is -0.139. The minimum atomic E-state index is -0.533. The highest BCUT2D eigenvalue weighted by atomic mass is 16.5. The number of hydrazine groups is 1. The van der Waals surface area contributed by atoms with Crippen LogP contribution in [0.3, 0.4) is 0 Å². The van der Waals surface area contributed by atoms with Gasteiger partial charge in [-0.3, -0.25) is 5.01 Å². The summed E-state index contributed by atoms with van der Waals surface area (Å²) in [4.78, 5) is 24.7. The van der Waals surface area contributed by atoms with Gasteiger partial charge in [-0.05, 0) is 23.8 Å². The number of rotatable bonds is 4. The SMILES string of the molecule is CC(C)(C)C1=CN(NC2Cc3ccc(OC(=O)c4ccccc4)cc3OC2=O)CO1. The third-order valence-electron chi connectivity index (χ3n) is 4.87. The van der Waals surface area contributed by atoms with Gasteiger partial charge in [0.1, 0.15) is 23.3 Å². The Labute approximate surface area is 175 Å². The second-order valence-electron chi connectivity index (χ2n) is 8.32. The van der Waals surface area contributed by atoms with Gasteiger partial charge in [-0.25, -0.2) is 15.0 Å². The van der Waals surface area contributed by atoms with Crippen LogP contribution >= 0.6 is 0 Å². The zero-order chi connectivity index (χ0) is 21.3. The topological polar surface area (TPSA) is 77.1 Å². The van der Waals surface area contributed by atoms with E-state index < -0.39 is 18.0 Å². The molecular weight excluding hydrogens is 384 g/mol. The molecule has 7 nitrogen and oxygen atoms in total. The van der Waals surface area contributed by atoms with Crippen LogP contribution in [0.1, 0.15) is 36.7 Å². The maximum atomic E-state index is 12.5. The highest BCUT2D eigenvalue weighted by Crippen LogP contribution is 2.32. The number of esters is 2. The first kappa shape index (κ1) is 20.0. The van der Waals surface area contributed by atoms with Crippen LogP contribution in [-0.4, -0.2) is 29.7 Å². The monoisotopic (exact) mass is 408 g/mol. The molecule has 0 bridgehead atoms. The summed E-state index contributed by atoms with van der Waals surface area (Å²) in [5, 5.41) is 1.76. The van der Waals surface area contributed by atoms with Crippen LogP contribution in [0, 0.1) is 5.41 Å². The van der Waals surface area contributed by atoms with Crippen LogP contribution in [0.4, 0.5) is 0 Å². The number of carbonyl (C=O) groups is 2. The normalized spacial score (nSPS) is 18.2. The van der Waals surface area contributed by atoms with Gasteiger partial charge in [-0.1, -0.05) is 45.0 Å². The summed E-state index contributed by atoms with van der Waals surface area (Å²) in [7, 11) is 0. The highest BCUT2D eigenvalue weighted by molar-refractivity contribution is 5.91. The van der Waals surface area contributed by atoms with Crippen molar-refractivity contribution in [2.24, 2.45) is 5.41 Å². The van der Waals surface area contributed by atoms with E-state index in [2.05, 4.69) is 26.2 Å². The van der Waals surface area contributed by atoms with Crippen LogP contribution < -0.4 is 14.9 Å². The number of ether oxygens (including phenoxy) is 3. The fourth-order valence-corrected chi connectivity index (χ4v) is 3.22. The second-order valence-corrected chi connectivity index (χ2v) is 8.32. The van der Waals surface area contributed by atoms with E-state index >= 15 is 0 Å². The van der Waals surface area contributed by atoms with Crippen molar-refractivity contribution in [3.63, 3.8) is 0 Å². The summed E-state index contributed by atoms with van der Waals surface area (Å²) in [6.07, 6.45) is 2.32. The molecule has 0 aromatic heterocycles. The average molecular weight is 408 g/mol. The van der Waals surface area contributed by atoms with Gasteiger partial charge in [0.25, 0.3) is 0 Å². The molecule has 2 aromatic carbocycles. The molecule has 1 unspecified atom stereocenters. The molecule has 4 rings (SSSR count). The summed E-state index contributed by atoms with van der Waals surface area (Å²) in [5.41, 5.74) is 4.35. The lowest BCUT2D eigenvalue weighted by Crippen LogP contribution is -2.49. The van der Waals surface area contributed by atoms with Crippen molar-refractivity contribution < 1.29 is 23.8 Å². The zero-order valence-corrected chi connectivity index (χ0v) is 17.2. The molecule has 0 radical (unpaired) electrons. The Morgan fingerprint density at radius 2 is 1.93 bits per heavy atom. The summed E-state index contributed by atoms with van der Waals surface area (Å²) < 4.78 is 16.6. The number of allylic oxidation sites excluding steroid dienone is 1. The van der Waals surface area contributed by atoms with Crippen molar-refractivity contribution in [1.29, 1.82) is 0 Å². The molecule has 7 heteroatoms. The van der Waals surface area contributed by atoms with Gasteiger partial charge in [0.2, 0.25) is 0 Å². The second kappa shape index (κ2) is 7.84. The Bertz CT molecular complexity index is 994. The number of nitrogens with one attached hydrogen (secondary N) is 1. The Balaban J connectivity index is 1.43. The minimum Gasteiger partial charge on any atom is -0.474 e. The van der Waals surface area contributed by atoms with Gasteiger partial charge < -0.3 is 14.2 Å². The van der Waals surface area contributed by atoms with Crippen LogP contribution in [0.25, 0.3) is 0 Å². The summed E-state index contributed by atoms with van der Waals surface area (Å²) in [6, 6.07) is 13.3. The summed E-state index contributed by atoms with van der Waals surface area (Å²) in [6.45, 7) is 6.53. The maximum Gasteiger partial charge on any atom is 0.343 e. The van der Waals surface area contributed by atoms with Crippen LogP contribution in [0.15, 0.2) is 60.5 Å². The van der Waals surface area contributed by atoms with Gasteiger partial charge in [-0.15, -0.1) is 0 Å². The molecule has 0 spiro atoms. The predicted molar refractivity (Wildman–Crippen MR) is 109 cm³/mol. The van der Waals surface area contributed by atoms with Gasteiger partial charge in [-0.2, -0.15) is 0 Å². The average Bonchev–Trinajstić information content (AvgIpc) is 3.18. The van der Waals surface area contributed by atoms with E-state index in [9.17, 15) is 9.59 Å². The van der Waals surface area contributed by atoms with Crippen LogP contribution in [0.2, 0.25) is 0 Å². The van der Waals surface area contributed by atoms with E-state index in [4.69, 9.17) is 14.2 Å². The fourth-order valence-electron chi connectivity index (χ4n) is 3.22. The molecule has 0 saturated heterocycles. The first-order valence-electron chi connectivity index (χ1n) is 9.79.